The molecule has 0 aliphatic carbocycles. The summed E-state index contributed by atoms with van der Waals surface area (Å²) in [7, 11) is 0. The van der Waals surface area contributed by atoms with Crippen molar-refractivity contribution in [3.8, 4) is 0 Å². The van der Waals surface area contributed by atoms with Gasteiger partial charge in [-0.15, -0.1) is 0 Å². The van der Waals surface area contributed by atoms with E-state index in [9.17, 15) is 0 Å². The lowest BCUT2D eigenvalue weighted by Crippen LogP contribution is -2.27. The van der Waals surface area contributed by atoms with Gasteiger partial charge in [-0.2, -0.15) is 0 Å². The first kappa shape index (κ1) is 16.0. The molecule has 1 aromatic carbocycles. The fraction of sp³-hybridized carbons (Fsp3) is 0.389. The van der Waals surface area contributed by atoms with Crippen molar-refractivity contribution in [1.82, 2.24) is 10.3 Å². The number of nitrogens with zero attached hydrogens (tertiary/aromatic N) is 1. The van der Waals surface area contributed by atoms with Gasteiger partial charge in [0, 0.05) is 28.9 Å². The van der Waals surface area contributed by atoms with Gasteiger partial charge in [-0.3, -0.25) is 4.98 Å². The van der Waals surface area contributed by atoms with Crippen LogP contribution in [0.15, 0.2) is 42.6 Å². The molecule has 112 valence electrons. The molecule has 0 spiro atoms. The van der Waals surface area contributed by atoms with Crippen molar-refractivity contribution in [3.63, 3.8) is 0 Å². The zero-order valence-corrected chi connectivity index (χ0v) is 13.7. The molecule has 3 heteroatoms. The minimum absolute atomic E-state index is 0.246. The second kappa shape index (κ2) is 7.58. The summed E-state index contributed by atoms with van der Waals surface area (Å²) in [6.07, 6.45) is 2.97. The normalized spacial score (nSPS) is 13.9. The number of hydrogen-bond donors (Lipinski definition) is 1. The highest BCUT2D eigenvalue weighted by atomic mass is 35.5. The second-order valence-corrected chi connectivity index (χ2v) is 5.89. The average molecular weight is 303 g/mol. The van der Waals surface area contributed by atoms with Crippen LogP contribution in [-0.4, -0.2) is 11.5 Å². The quantitative estimate of drug-likeness (QED) is 0.822. The summed E-state index contributed by atoms with van der Waals surface area (Å²) in [6.45, 7) is 7.44. The third-order valence-electron chi connectivity index (χ3n) is 3.81. The van der Waals surface area contributed by atoms with E-state index in [1.54, 1.807) is 0 Å². The lowest BCUT2D eigenvalue weighted by Gasteiger charge is -2.26. The van der Waals surface area contributed by atoms with Gasteiger partial charge in [-0.25, -0.2) is 0 Å². The predicted octanol–water partition coefficient (Wildman–Crippen LogP) is 4.89. The van der Waals surface area contributed by atoms with Crippen LogP contribution in [0.3, 0.4) is 0 Å². The van der Waals surface area contributed by atoms with Crippen molar-refractivity contribution in [3.05, 3.63) is 64.4 Å². The molecule has 0 fully saturated rings. The van der Waals surface area contributed by atoms with Crippen LogP contribution >= 0.6 is 11.6 Å². The molecule has 2 atom stereocenters. The number of rotatable bonds is 6. The summed E-state index contributed by atoms with van der Waals surface area (Å²) < 4.78 is 0. The minimum atomic E-state index is 0.246. The molecular formula is C18H23ClN2. The van der Waals surface area contributed by atoms with E-state index >= 15 is 0 Å². The van der Waals surface area contributed by atoms with E-state index in [1.807, 2.05) is 31.3 Å². The number of nitrogens with one attached hydrogen (secondary N) is 1. The maximum Gasteiger partial charge on any atom is 0.0450 e. The maximum absolute atomic E-state index is 6.15. The van der Waals surface area contributed by atoms with Crippen molar-refractivity contribution in [2.45, 2.75) is 39.2 Å². The molecule has 0 aliphatic rings. The first-order valence-corrected chi connectivity index (χ1v) is 7.91. The van der Waals surface area contributed by atoms with E-state index in [4.69, 9.17) is 11.6 Å². The van der Waals surface area contributed by atoms with Crippen LogP contribution < -0.4 is 5.32 Å². The average Bonchev–Trinajstić information content (AvgIpc) is 2.51. The van der Waals surface area contributed by atoms with Crippen LogP contribution in [-0.2, 0) is 0 Å². The molecule has 2 unspecified atom stereocenters. The lowest BCUT2D eigenvalue weighted by molar-refractivity contribution is 0.460. The van der Waals surface area contributed by atoms with Crippen molar-refractivity contribution >= 4 is 11.6 Å². The number of aromatic nitrogens is 1. The number of pyridine rings is 1. The fourth-order valence-electron chi connectivity index (χ4n) is 2.56. The summed E-state index contributed by atoms with van der Waals surface area (Å²) >= 11 is 6.15. The standard InChI is InChI=1S/C18H23ClN2/c1-4-10-21-18(14(3)17-7-5-6-11-20-17)15-8-9-16(19)13(2)12-15/h5-9,11-12,14,18,21H,4,10H2,1-3H3. The van der Waals surface area contributed by atoms with E-state index in [-0.39, 0.29) is 6.04 Å². The highest BCUT2D eigenvalue weighted by Gasteiger charge is 2.21. The Morgan fingerprint density at radius 3 is 2.67 bits per heavy atom. The zero-order valence-electron chi connectivity index (χ0n) is 12.9. The topological polar surface area (TPSA) is 24.9 Å². The third kappa shape index (κ3) is 4.05. The summed E-state index contributed by atoms with van der Waals surface area (Å²) in [5, 5.41) is 4.47. The Morgan fingerprint density at radius 1 is 1.24 bits per heavy atom. The van der Waals surface area contributed by atoms with Gasteiger partial charge in [0.15, 0.2) is 0 Å². The number of benzene rings is 1. The van der Waals surface area contributed by atoms with Crippen LogP contribution in [0.25, 0.3) is 0 Å². The molecule has 0 radical (unpaired) electrons. The fourth-order valence-corrected chi connectivity index (χ4v) is 2.68. The SMILES string of the molecule is CCCNC(c1ccc(Cl)c(C)c1)C(C)c1ccccn1. The molecule has 2 nitrogen and oxygen atoms in total. The molecule has 2 rings (SSSR count). The van der Waals surface area contributed by atoms with Crippen LogP contribution in [0.2, 0.25) is 5.02 Å². The van der Waals surface area contributed by atoms with Crippen molar-refractivity contribution in [2.24, 2.45) is 0 Å². The van der Waals surface area contributed by atoms with Gasteiger partial charge in [0.2, 0.25) is 0 Å². The minimum Gasteiger partial charge on any atom is -0.309 e. The molecule has 2 aromatic rings. The van der Waals surface area contributed by atoms with Crippen molar-refractivity contribution in [1.29, 1.82) is 0 Å². The molecule has 0 saturated carbocycles. The Bertz CT molecular complexity index is 569. The summed E-state index contributed by atoms with van der Waals surface area (Å²) in [5.41, 5.74) is 3.49. The Morgan fingerprint density at radius 2 is 2.05 bits per heavy atom. The molecule has 0 saturated heterocycles. The smallest absolute Gasteiger partial charge is 0.0450 e. The van der Waals surface area contributed by atoms with Crippen LogP contribution in [0, 0.1) is 6.92 Å². The molecule has 1 N–H and O–H groups in total. The molecule has 0 amide bonds. The second-order valence-electron chi connectivity index (χ2n) is 5.48. The first-order chi connectivity index (χ1) is 10.1. The molecule has 0 bridgehead atoms. The summed E-state index contributed by atoms with van der Waals surface area (Å²) in [6, 6.07) is 12.6. The Labute approximate surface area is 132 Å². The Hall–Kier alpha value is -1.38. The van der Waals surface area contributed by atoms with Gasteiger partial charge in [-0.1, -0.05) is 43.6 Å². The predicted molar refractivity (Wildman–Crippen MR) is 89.9 cm³/mol. The van der Waals surface area contributed by atoms with E-state index < -0.39 is 0 Å². The number of aryl methyl sites for hydroxylation is 1. The molecule has 1 heterocycles. The largest absolute Gasteiger partial charge is 0.309 e. The van der Waals surface area contributed by atoms with Gasteiger partial charge < -0.3 is 5.32 Å². The van der Waals surface area contributed by atoms with Crippen LogP contribution in [0.4, 0.5) is 0 Å². The first-order valence-electron chi connectivity index (χ1n) is 7.53. The molecule has 21 heavy (non-hydrogen) atoms. The van der Waals surface area contributed by atoms with Crippen LogP contribution in [0.1, 0.15) is 49.0 Å². The van der Waals surface area contributed by atoms with Crippen molar-refractivity contribution < 1.29 is 0 Å². The van der Waals surface area contributed by atoms with Gasteiger partial charge in [0.05, 0.1) is 0 Å². The summed E-state index contributed by atoms with van der Waals surface area (Å²) in [5.74, 6) is 0.304. The number of hydrogen-bond acceptors (Lipinski definition) is 2. The highest BCUT2D eigenvalue weighted by Crippen LogP contribution is 2.31. The molecule has 0 aliphatic heterocycles. The van der Waals surface area contributed by atoms with Gasteiger partial charge in [0.25, 0.3) is 0 Å². The maximum atomic E-state index is 6.15. The summed E-state index contributed by atoms with van der Waals surface area (Å²) in [4.78, 5) is 4.51. The van der Waals surface area contributed by atoms with Crippen LogP contribution in [0.5, 0.6) is 0 Å². The van der Waals surface area contributed by atoms with Gasteiger partial charge >= 0.3 is 0 Å². The van der Waals surface area contributed by atoms with Gasteiger partial charge in [-0.05, 0) is 49.2 Å². The Balaban J connectivity index is 2.31. The number of halogens is 1. The van der Waals surface area contributed by atoms with Gasteiger partial charge in [0.1, 0.15) is 0 Å². The van der Waals surface area contributed by atoms with Crippen molar-refractivity contribution in [2.75, 3.05) is 6.54 Å². The molecular weight excluding hydrogens is 280 g/mol. The van der Waals surface area contributed by atoms with E-state index in [1.165, 1.54) is 5.56 Å². The zero-order chi connectivity index (χ0) is 15.2. The monoisotopic (exact) mass is 302 g/mol. The van der Waals surface area contributed by atoms with E-state index in [2.05, 4.69) is 42.3 Å². The Kier molecular flexibility index (Phi) is 5.77. The third-order valence-corrected chi connectivity index (χ3v) is 4.23. The van der Waals surface area contributed by atoms with E-state index in [0.29, 0.717) is 5.92 Å². The highest BCUT2D eigenvalue weighted by molar-refractivity contribution is 6.31. The lowest BCUT2D eigenvalue weighted by atomic mass is 9.90. The molecule has 1 aromatic heterocycles. The van der Waals surface area contributed by atoms with E-state index in [0.717, 1.165) is 29.2 Å².